The lowest BCUT2D eigenvalue weighted by atomic mass is 9.64. The molecule has 2 aromatic rings. The minimum absolute atomic E-state index is 0.0259. The monoisotopic (exact) mass is 365 g/mol. The van der Waals surface area contributed by atoms with E-state index in [4.69, 9.17) is 10.1 Å². The molecular formula is C21H27N5O. The molecule has 2 atom stereocenters. The minimum atomic E-state index is 0.0259. The number of rotatable bonds is 1. The Kier molecular flexibility index (Phi) is 4.02. The third-order valence-electron chi connectivity index (χ3n) is 6.96. The number of anilines is 1. The number of carbonyl (C=O) groups is 1. The highest BCUT2D eigenvalue weighted by molar-refractivity contribution is 5.91. The van der Waals surface area contributed by atoms with Gasteiger partial charge in [-0.05, 0) is 37.8 Å². The first-order valence-corrected chi connectivity index (χ1v) is 10.4. The summed E-state index contributed by atoms with van der Waals surface area (Å²) in [6.45, 7) is 1.67. The van der Waals surface area contributed by atoms with Crippen LogP contribution in [0.2, 0.25) is 0 Å². The molecule has 3 aliphatic rings. The maximum absolute atomic E-state index is 12.7. The molecule has 0 saturated heterocycles. The van der Waals surface area contributed by atoms with Crippen LogP contribution >= 0.6 is 0 Å². The van der Waals surface area contributed by atoms with Crippen LogP contribution in [0.3, 0.4) is 0 Å². The molecule has 0 radical (unpaired) electrons. The summed E-state index contributed by atoms with van der Waals surface area (Å²) in [5, 5.41) is 4.99. The minimum Gasteiger partial charge on any atom is -0.278 e. The fourth-order valence-corrected chi connectivity index (χ4v) is 5.85. The van der Waals surface area contributed by atoms with Gasteiger partial charge in [0.05, 0.1) is 5.54 Å². The molecule has 2 fully saturated rings. The Labute approximate surface area is 160 Å². The Morgan fingerprint density at radius 2 is 1.96 bits per heavy atom. The third kappa shape index (κ3) is 2.52. The van der Waals surface area contributed by atoms with E-state index in [-0.39, 0.29) is 17.5 Å². The summed E-state index contributed by atoms with van der Waals surface area (Å²) in [6.07, 6.45) is 14.4. The summed E-state index contributed by atoms with van der Waals surface area (Å²) in [5.74, 6) is 2.02. The summed E-state index contributed by atoms with van der Waals surface area (Å²) in [6, 6.07) is 4.18. The van der Waals surface area contributed by atoms with E-state index in [1.54, 1.807) is 19.3 Å². The lowest BCUT2D eigenvalue weighted by Crippen LogP contribution is -2.61. The van der Waals surface area contributed by atoms with Crippen molar-refractivity contribution in [2.75, 3.05) is 4.90 Å². The SMILES string of the molecule is CC(=O)N1c2nc(-c3cccnc3)nn2C2(CCCCC2)[C@@H]2CCCC[C@@H]21. The van der Waals surface area contributed by atoms with Crippen molar-refractivity contribution in [1.82, 2.24) is 19.7 Å². The fourth-order valence-electron chi connectivity index (χ4n) is 5.85. The maximum atomic E-state index is 12.7. The molecular weight excluding hydrogens is 338 g/mol. The number of carbonyl (C=O) groups excluding carboxylic acids is 1. The fraction of sp³-hybridized carbons (Fsp3) is 0.619. The number of aromatic nitrogens is 4. The van der Waals surface area contributed by atoms with Gasteiger partial charge in [0, 0.05) is 36.8 Å². The predicted octanol–water partition coefficient (Wildman–Crippen LogP) is 3.92. The molecule has 5 rings (SSSR count). The normalized spacial score (nSPS) is 26.5. The van der Waals surface area contributed by atoms with Crippen LogP contribution in [0.15, 0.2) is 24.5 Å². The van der Waals surface area contributed by atoms with Gasteiger partial charge in [0.15, 0.2) is 5.82 Å². The Hall–Kier alpha value is -2.24. The van der Waals surface area contributed by atoms with E-state index < -0.39 is 0 Å². The number of amides is 1. The zero-order chi connectivity index (χ0) is 18.4. The van der Waals surface area contributed by atoms with Gasteiger partial charge >= 0.3 is 0 Å². The molecule has 142 valence electrons. The molecule has 3 heterocycles. The Morgan fingerprint density at radius 1 is 1.15 bits per heavy atom. The summed E-state index contributed by atoms with van der Waals surface area (Å²) < 4.78 is 2.16. The van der Waals surface area contributed by atoms with Crippen LogP contribution in [0.1, 0.15) is 64.7 Å². The second-order valence-corrected chi connectivity index (χ2v) is 8.40. The zero-order valence-electron chi connectivity index (χ0n) is 16.0. The lowest BCUT2D eigenvalue weighted by Gasteiger charge is -2.55. The van der Waals surface area contributed by atoms with Crippen LogP contribution in [-0.2, 0) is 10.3 Å². The van der Waals surface area contributed by atoms with E-state index in [0.717, 1.165) is 30.8 Å². The smallest absolute Gasteiger partial charge is 0.231 e. The molecule has 1 spiro atoms. The van der Waals surface area contributed by atoms with E-state index in [2.05, 4.69) is 9.67 Å². The van der Waals surface area contributed by atoms with Crippen molar-refractivity contribution in [3.05, 3.63) is 24.5 Å². The van der Waals surface area contributed by atoms with Crippen molar-refractivity contribution in [2.45, 2.75) is 76.3 Å². The zero-order valence-corrected chi connectivity index (χ0v) is 16.0. The quantitative estimate of drug-likeness (QED) is 0.768. The van der Waals surface area contributed by atoms with E-state index >= 15 is 0 Å². The van der Waals surface area contributed by atoms with E-state index in [0.29, 0.717) is 11.7 Å². The van der Waals surface area contributed by atoms with Gasteiger partial charge < -0.3 is 0 Å². The van der Waals surface area contributed by atoms with E-state index in [1.807, 2.05) is 17.0 Å². The van der Waals surface area contributed by atoms with Crippen LogP contribution in [0, 0.1) is 5.92 Å². The molecule has 1 aliphatic heterocycles. The number of hydrogen-bond acceptors (Lipinski definition) is 4. The topological polar surface area (TPSA) is 63.9 Å². The molecule has 0 unspecified atom stereocenters. The Morgan fingerprint density at radius 3 is 2.70 bits per heavy atom. The summed E-state index contributed by atoms with van der Waals surface area (Å²) in [7, 11) is 0. The summed E-state index contributed by atoms with van der Waals surface area (Å²) in [5.41, 5.74) is 0.940. The van der Waals surface area contributed by atoms with Crippen molar-refractivity contribution in [3.63, 3.8) is 0 Å². The second kappa shape index (κ2) is 6.43. The number of nitrogens with zero attached hydrogens (tertiary/aromatic N) is 5. The average molecular weight is 365 g/mol. The molecule has 2 aliphatic carbocycles. The standard InChI is InChI=1S/C21H27N5O/c1-15(27)25-18-10-4-3-9-17(18)21(11-5-2-6-12-21)26-20(25)23-19(24-26)16-8-7-13-22-14-16/h7-8,13-14,17-18H,2-6,9-12H2,1H3/t17-,18+/m1/s1. The molecule has 6 heteroatoms. The van der Waals surface area contributed by atoms with Gasteiger partial charge in [0.25, 0.3) is 0 Å². The molecule has 2 aromatic heterocycles. The van der Waals surface area contributed by atoms with Crippen molar-refractivity contribution in [1.29, 1.82) is 0 Å². The highest BCUT2D eigenvalue weighted by Crippen LogP contribution is 2.53. The number of fused-ring (bicyclic) bond motifs is 4. The molecule has 0 aromatic carbocycles. The highest BCUT2D eigenvalue weighted by atomic mass is 16.2. The summed E-state index contributed by atoms with van der Waals surface area (Å²) in [4.78, 5) is 23.7. The van der Waals surface area contributed by atoms with Gasteiger partial charge in [-0.25, -0.2) is 4.68 Å². The van der Waals surface area contributed by atoms with E-state index in [1.165, 1.54) is 38.5 Å². The largest absolute Gasteiger partial charge is 0.278 e. The van der Waals surface area contributed by atoms with Gasteiger partial charge in [-0.2, -0.15) is 4.98 Å². The summed E-state index contributed by atoms with van der Waals surface area (Å²) >= 11 is 0. The van der Waals surface area contributed by atoms with Crippen molar-refractivity contribution in [2.24, 2.45) is 5.92 Å². The first kappa shape index (κ1) is 16.9. The van der Waals surface area contributed by atoms with Gasteiger partial charge in [-0.15, -0.1) is 5.10 Å². The van der Waals surface area contributed by atoms with Crippen LogP contribution in [0.5, 0.6) is 0 Å². The van der Waals surface area contributed by atoms with Crippen LogP contribution in [0.25, 0.3) is 11.4 Å². The Bertz CT molecular complexity index is 840. The van der Waals surface area contributed by atoms with Crippen molar-refractivity contribution in [3.8, 4) is 11.4 Å². The van der Waals surface area contributed by atoms with Crippen molar-refractivity contribution >= 4 is 11.9 Å². The predicted molar refractivity (Wildman–Crippen MR) is 103 cm³/mol. The third-order valence-corrected chi connectivity index (χ3v) is 6.96. The maximum Gasteiger partial charge on any atom is 0.231 e. The molecule has 6 nitrogen and oxygen atoms in total. The van der Waals surface area contributed by atoms with Gasteiger partial charge in [0.1, 0.15) is 0 Å². The highest BCUT2D eigenvalue weighted by Gasteiger charge is 2.54. The van der Waals surface area contributed by atoms with Gasteiger partial charge in [-0.1, -0.05) is 32.1 Å². The van der Waals surface area contributed by atoms with Crippen LogP contribution < -0.4 is 4.90 Å². The first-order chi connectivity index (χ1) is 13.2. The molecule has 1 amide bonds. The first-order valence-electron chi connectivity index (χ1n) is 10.4. The lowest BCUT2D eigenvalue weighted by molar-refractivity contribution is -0.118. The number of pyridine rings is 1. The second-order valence-electron chi connectivity index (χ2n) is 8.40. The van der Waals surface area contributed by atoms with E-state index in [9.17, 15) is 4.79 Å². The molecule has 27 heavy (non-hydrogen) atoms. The van der Waals surface area contributed by atoms with Gasteiger partial charge in [0.2, 0.25) is 11.9 Å². The van der Waals surface area contributed by atoms with Crippen molar-refractivity contribution < 1.29 is 4.79 Å². The van der Waals surface area contributed by atoms with Crippen LogP contribution in [-0.4, -0.2) is 31.7 Å². The Balaban J connectivity index is 1.71. The average Bonchev–Trinajstić information content (AvgIpc) is 3.15. The number of hydrogen-bond donors (Lipinski definition) is 0. The molecule has 0 bridgehead atoms. The molecule has 2 saturated carbocycles. The molecule has 0 N–H and O–H groups in total. The van der Waals surface area contributed by atoms with Crippen LogP contribution in [0.4, 0.5) is 5.95 Å². The van der Waals surface area contributed by atoms with Gasteiger partial charge in [-0.3, -0.25) is 14.7 Å².